The number of fused-ring (bicyclic) bond motifs is 1. The highest BCUT2D eigenvalue weighted by Gasteiger charge is 2.20. The van der Waals surface area contributed by atoms with Crippen LogP contribution in [0.4, 0.5) is 0 Å². The normalized spacial score (nSPS) is 19.1. The minimum absolute atomic E-state index is 0.732. The van der Waals surface area contributed by atoms with E-state index in [2.05, 4.69) is 38.1 Å². The maximum absolute atomic E-state index is 4.37. The molecule has 3 rings (SSSR count). The van der Waals surface area contributed by atoms with Crippen molar-refractivity contribution in [2.45, 2.75) is 25.9 Å². The lowest BCUT2D eigenvalue weighted by Crippen LogP contribution is -2.31. The van der Waals surface area contributed by atoms with Gasteiger partial charge in [0.2, 0.25) is 0 Å². The topological polar surface area (TPSA) is 34.0 Å². The predicted molar refractivity (Wildman–Crippen MR) is 72.5 cm³/mol. The molecular formula is C13H18N4S. The molecular weight excluding hydrogens is 244 g/mol. The first-order valence-corrected chi connectivity index (χ1v) is 7.31. The summed E-state index contributed by atoms with van der Waals surface area (Å²) in [4.78, 5) is 11.1. The van der Waals surface area contributed by atoms with Crippen molar-refractivity contribution in [1.82, 2.24) is 19.4 Å². The van der Waals surface area contributed by atoms with Gasteiger partial charge in [-0.2, -0.15) is 0 Å². The summed E-state index contributed by atoms with van der Waals surface area (Å²) in [6.45, 7) is 3.20. The molecule has 3 heterocycles. The van der Waals surface area contributed by atoms with Gasteiger partial charge in [0.05, 0.1) is 11.2 Å². The summed E-state index contributed by atoms with van der Waals surface area (Å²) in [5.41, 5.74) is 3.09. The highest BCUT2D eigenvalue weighted by atomic mass is 32.1. The average Bonchev–Trinajstić information content (AvgIpc) is 2.98. The molecule has 1 atom stereocenters. The monoisotopic (exact) mass is 262 g/mol. The van der Waals surface area contributed by atoms with Crippen molar-refractivity contribution in [3.05, 3.63) is 34.8 Å². The Morgan fingerprint density at radius 1 is 1.50 bits per heavy atom. The van der Waals surface area contributed by atoms with Crippen LogP contribution in [0, 0.1) is 5.92 Å². The van der Waals surface area contributed by atoms with Gasteiger partial charge in [0.25, 0.3) is 0 Å². The Kier molecular flexibility index (Phi) is 3.43. The fraction of sp³-hybridized carbons (Fsp3) is 0.538. The van der Waals surface area contributed by atoms with E-state index in [9.17, 15) is 0 Å². The molecule has 0 bridgehead atoms. The van der Waals surface area contributed by atoms with Gasteiger partial charge in [-0.05, 0) is 19.4 Å². The fourth-order valence-corrected chi connectivity index (χ4v) is 3.23. The van der Waals surface area contributed by atoms with Crippen molar-refractivity contribution in [3.8, 4) is 0 Å². The quantitative estimate of drug-likeness (QED) is 0.845. The minimum Gasteiger partial charge on any atom is -0.335 e. The van der Waals surface area contributed by atoms with Gasteiger partial charge in [-0.1, -0.05) is 0 Å². The summed E-state index contributed by atoms with van der Waals surface area (Å²) in [6, 6.07) is 0. The van der Waals surface area contributed by atoms with Crippen LogP contribution in [0.15, 0.2) is 23.3 Å². The lowest BCUT2D eigenvalue weighted by molar-refractivity contribution is 0.227. The number of hydrogen-bond donors (Lipinski definition) is 0. The molecule has 0 spiro atoms. The van der Waals surface area contributed by atoms with E-state index in [1.807, 2.05) is 11.7 Å². The van der Waals surface area contributed by atoms with E-state index in [4.69, 9.17) is 0 Å². The number of aryl methyl sites for hydroxylation is 1. The Hall–Kier alpha value is -1.20. The molecule has 1 aliphatic heterocycles. The second-order valence-electron chi connectivity index (χ2n) is 5.08. The van der Waals surface area contributed by atoms with Gasteiger partial charge in [-0.25, -0.2) is 9.97 Å². The smallest absolute Gasteiger partial charge is 0.108 e. The Balaban J connectivity index is 1.54. The van der Waals surface area contributed by atoms with Gasteiger partial charge in [0, 0.05) is 43.8 Å². The second-order valence-corrected chi connectivity index (χ2v) is 5.80. The molecule has 0 saturated heterocycles. The van der Waals surface area contributed by atoms with Gasteiger partial charge in [-0.15, -0.1) is 11.3 Å². The molecule has 0 fully saturated rings. The van der Waals surface area contributed by atoms with Crippen molar-refractivity contribution < 1.29 is 0 Å². The molecule has 0 aromatic carbocycles. The first kappa shape index (κ1) is 11.9. The van der Waals surface area contributed by atoms with Crippen LogP contribution in [0.5, 0.6) is 0 Å². The molecule has 18 heavy (non-hydrogen) atoms. The highest BCUT2D eigenvalue weighted by Crippen LogP contribution is 2.19. The third-order valence-corrected chi connectivity index (χ3v) is 4.15. The molecule has 4 nitrogen and oxygen atoms in total. The van der Waals surface area contributed by atoms with E-state index in [0.29, 0.717) is 0 Å². The summed E-state index contributed by atoms with van der Waals surface area (Å²) in [6.07, 6.45) is 6.37. The van der Waals surface area contributed by atoms with E-state index in [1.54, 1.807) is 11.3 Å². The van der Waals surface area contributed by atoms with Crippen molar-refractivity contribution >= 4 is 11.3 Å². The molecule has 0 amide bonds. The average molecular weight is 262 g/mol. The summed E-state index contributed by atoms with van der Waals surface area (Å²) in [5.74, 6) is 1.98. The van der Waals surface area contributed by atoms with E-state index in [1.165, 1.54) is 17.9 Å². The predicted octanol–water partition coefficient (Wildman–Crippen LogP) is 2.03. The van der Waals surface area contributed by atoms with Gasteiger partial charge < -0.3 is 9.47 Å². The third-order valence-electron chi connectivity index (χ3n) is 3.52. The zero-order valence-electron chi connectivity index (χ0n) is 10.6. The van der Waals surface area contributed by atoms with Crippen molar-refractivity contribution in [2.75, 3.05) is 13.6 Å². The number of aromatic nitrogens is 3. The third kappa shape index (κ3) is 2.62. The number of hydrogen-bond acceptors (Lipinski definition) is 4. The van der Waals surface area contributed by atoms with Crippen LogP contribution in [0.25, 0.3) is 0 Å². The second kappa shape index (κ2) is 5.20. The number of thiazole rings is 1. The molecule has 0 saturated carbocycles. The summed E-state index contributed by atoms with van der Waals surface area (Å²) >= 11 is 1.67. The van der Waals surface area contributed by atoms with Gasteiger partial charge >= 0.3 is 0 Å². The summed E-state index contributed by atoms with van der Waals surface area (Å²) in [7, 11) is 2.18. The Bertz CT molecular complexity index is 491. The fourth-order valence-electron chi connectivity index (χ4n) is 2.68. The molecule has 0 aliphatic carbocycles. The van der Waals surface area contributed by atoms with Crippen LogP contribution < -0.4 is 0 Å². The largest absolute Gasteiger partial charge is 0.335 e. The maximum atomic E-state index is 4.37. The molecule has 1 unspecified atom stereocenters. The summed E-state index contributed by atoms with van der Waals surface area (Å²) in [5, 5.41) is 2.13. The Labute approximate surface area is 111 Å². The van der Waals surface area contributed by atoms with Crippen LogP contribution >= 0.6 is 11.3 Å². The van der Waals surface area contributed by atoms with E-state index in [-0.39, 0.29) is 0 Å². The number of imidazole rings is 1. The van der Waals surface area contributed by atoms with E-state index < -0.39 is 0 Å². The van der Waals surface area contributed by atoms with E-state index in [0.717, 1.165) is 32.0 Å². The zero-order valence-corrected chi connectivity index (χ0v) is 11.4. The van der Waals surface area contributed by atoms with Gasteiger partial charge in [0.15, 0.2) is 0 Å². The number of nitrogens with zero attached hydrogens (tertiary/aromatic N) is 4. The van der Waals surface area contributed by atoms with Crippen LogP contribution in [0.1, 0.15) is 17.9 Å². The highest BCUT2D eigenvalue weighted by molar-refractivity contribution is 7.07. The maximum Gasteiger partial charge on any atom is 0.108 e. The standard InChI is InChI=1S/C13H18N4S/c1-16(8-12-9-18-10-15-12)6-11-2-3-13-14-4-5-17(13)7-11/h4-5,9-11H,2-3,6-8H2,1H3. The molecule has 96 valence electrons. The molecule has 2 aromatic heterocycles. The minimum atomic E-state index is 0.732. The lowest BCUT2D eigenvalue weighted by atomic mass is 9.99. The molecule has 0 N–H and O–H groups in total. The van der Waals surface area contributed by atoms with Crippen molar-refractivity contribution in [3.63, 3.8) is 0 Å². The Morgan fingerprint density at radius 2 is 2.44 bits per heavy atom. The SMILES string of the molecule is CN(Cc1cscn1)CC1CCc2nccn2C1. The Morgan fingerprint density at radius 3 is 3.28 bits per heavy atom. The lowest BCUT2D eigenvalue weighted by Gasteiger charge is -2.27. The van der Waals surface area contributed by atoms with Gasteiger partial charge in [0.1, 0.15) is 5.82 Å². The number of rotatable bonds is 4. The molecule has 1 aliphatic rings. The van der Waals surface area contributed by atoms with Gasteiger partial charge in [-0.3, -0.25) is 0 Å². The molecule has 2 aromatic rings. The first-order chi connectivity index (χ1) is 8.81. The van der Waals surface area contributed by atoms with Crippen LogP contribution in [-0.2, 0) is 19.5 Å². The van der Waals surface area contributed by atoms with Crippen LogP contribution in [0.3, 0.4) is 0 Å². The van der Waals surface area contributed by atoms with Crippen molar-refractivity contribution in [1.29, 1.82) is 0 Å². The van der Waals surface area contributed by atoms with Crippen LogP contribution in [-0.4, -0.2) is 33.0 Å². The molecule has 0 radical (unpaired) electrons. The van der Waals surface area contributed by atoms with E-state index >= 15 is 0 Å². The summed E-state index contributed by atoms with van der Waals surface area (Å²) < 4.78 is 2.30. The van der Waals surface area contributed by atoms with Crippen molar-refractivity contribution in [2.24, 2.45) is 5.92 Å². The zero-order chi connectivity index (χ0) is 12.4. The molecule has 5 heteroatoms. The van der Waals surface area contributed by atoms with Crippen LogP contribution in [0.2, 0.25) is 0 Å². The first-order valence-electron chi connectivity index (χ1n) is 6.37.